The number of amides is 3. The number of rotatable bonds is 7. The van der Waals surface area contributed by atoms with Crippen molar-refractivity contribution in [1.29, 1.82) is 0 Å². The van der Waals surface area contributed by atoms with Crippen molar-refractivity contribution in [2.24, 2.45) is 16.5 Å². The van der Waals surface area contributed by atoms with E-state index in [0.717, 1.165) is 5.56 Å². The number of anilines is 1. The molecule has 0 aliphatic carbocycles. The zero-order valence-electron chi connectivity index (χ0n) is 16.8. The van der Waals surface area contributed by atoms with E-state index in [9.17, 15) is 14.4 Å². The number of carbonyl (C=O) groups is 3. The van der Waals surface area contributed by atoms with Crippen LogP contribution in [0.1, 0.15) is 28.8 Å². The summed E-state index contributed by atoms with van der Waals surface area (Å²) in [7, 11) is 0. The van der Waals surface area contributed by atoms with E-state index in [0.29, 0.717) is 42.7 Å². The largest absolute Gasteiger partial charge is 0.370 e. The molecule has 3 rings (SSSR count). The predicted molar refractivity (Wildman–Crippen MR) is 121 cm³/mol. The van der Waals surface area contributed by atoms with E-state index in [2.05, 4.69) is 20.9 Å². The lowest BCUT2D eigenvalue weighted by molar-refractivity contribution is -0.125. The van der Waals surface area contributed by atoms with Crippen molar-refractivity contribution >= 4 is 47.5 Å². The van der Waals surface area contributed by atoms with Crippen molar-refractivity contribution in [1.82, 2.24) is 10.6 Å². The molecular weight excluding hydrogens is 420 g/mol. The number of nitrogens with zero attached hydrogens (tertiary/aromatic N) is 1. The Bertz CT molecular complexity index is 973. The number of benzene rings is 2. The first kappa shape index (κ1) is 23.7. The van der Waals surface area contributed by atoms with Crippen LogP contribution in [0.5, 0.6) is 0 Å². The molecule has 1 aliphatic heterocycles. The Balaban J connectivity index is 0.00000341. The lowest BCUT2D eigenvalue weighted by atomic mass is 10.1. The van der Waals surface area contributed by atoms with Crippen molar-refractivity contribution in [2.75, 3.05) is 11.9 Å². The molecule has 0 saturated carbocycles. The van der Waals surface area contributed by atoms with Crippen molar-refractivity contribution in [3.63, 3.8) is 0 Å². The molecule has 164 valence electrons. The van der Waals surface area contributed by atoms with Crippen molar-refractivity contribution < 1.29 is 14.4 Å². The third kappa shape index (κ3) is 7.00. The highest BCUT2D eigenvalue weighted by Crippen LogP contribution is 2.16. The van der Waals surface area contributed by atoms with Gasteiger partial charge in [-0.3, -0.25) is 14.4 Å². The third-order valence-corrected chi connectivity index (χ3v) is 4.60. The lowest BCUT2D eigenvalue weighted by Crippen LogP contribution is -2.42. The minimum absolute atomic E-state index is 0. The minimum atomic E-state index is -0.443. The molecule has 1 fully saturated rings. The molecule has 1 saturated heterocycles. The summed E-state index contributed by atoms with van der Waals surface area (Å²) in [6.45, 7) is 0.439. The number of nitrogens with two attached hydrogens (primary N) is 2. The summed E-state index contributed by atoms with van der Waals surface area (Å²) >= 11 is 0. The molecule has 1 unspecified atom stereocenters. The molecule has 1 atom stereocenters. The van der Waals surface area contributed by atoms with Crippen LogP contribution in [0.3, 0.4) is 0 Å². The highest BCUT2D eigenvalue weighted by molar-refractivity contribution is 6.04. The summed E-state index contributed by atoms with van der Waals surface area (Å²) in [6.07, 6.45) is 1.51. The number of nitrogens with one attached hydrogen (secondary N) is 3. The molecule has 31 heavy (non-hydrogen) atoms. The Kier molecular flexibility index (Phi) is 8.39. The highest BCUT2D eigenvalue weighted by Gasteiger charge is 2.26. The van der Waals surface area contributed by atoms with Gasteiger partial charge < -0.3 is 27.4 Å². The van der Waals surface area contributed by atoms with Gasteiger partial charge in [0.05, 0.1) is 5.69 Å². The van der Waals surface area contributed by atoms with E-state index >= 15 is 0 Å². The van der Waals surface area contributed by atoms with Crippen molar-refractivity contribution in [2.45, 2.75) is 25.3 Å². The first-order chi connectivity index (χ1) is 14.4. The standard InChI is InChI=1S/C21H24N6O3.ClH/c22-21(23)26-15-6-4-14(5-7-15)19(29)25-16-3-1-2-13(12-16)10-11-24-20(30)17-8-9-18(28)27-17;/h1-7,12,17H,8-11H2,(H,24,30)(H,25,29)(H,27,28)(H4,22,23,26);1H. The minimum Gasteiger partial charge on any atom is -0.370 e. The Labute approximate surface area is 186 Å². The van der Waals surface area contributed by atoms with Gasteiger partial charge in [-0.15, -0.1) is 12.4 Å². The number of guanidine groups is 1. The van der Waals surface area contributed by atoms with Gasteiger partial charge in [0.1, 0.15) is 6.04 Å². The summed E-state index contributed by atoms with van der Waals surface area (Å²) < 4.78 is 0. The first-order valence-corrected chi connectivity index (χ1v) is 9.58. The Hall–Kier alpha value is -3.59. The molecule has 2 aromatic rings. The number of hydrogen-bond acceptors (Lipinski definition) is 4. The molecule has 0 spiro atoms. The first-order valence-electron chi connectivity index (χ1n) is 9.58. The van der Waals surface area contributed by atoms with Gasteiger partial charge in [-0.25, -0.2) is 4.99 Å². The quantitative estimate of drug-likeness (QED) is 0.321. The zero-order valence-corrected chi connectivity index (χ0v) is 17.6. The van der Waals surface area contributed by atoms with E-state index in [1.54, 1.807) is 30.3 Å². The molecule has 3 amide bonds. The van der Waals surface area contributed by atoms with E-state index < -0.39 is 6.04 Å². The lowest BCUT2D eigenvalue weighted by Gasteiger charge is -2.11. The van der Waals surface area contributed by atoms with E-state index in [1.165, 1.54) is 0 Å². The van der Waals surface area contributed by atoms with Gasteiger partial charge in [0.15, 0.2) is 5.96 Å². The van der Waals surface area contributed by atoms with Crippen LogP contribution in [-0.4, -0.2) is 36.3 Å². The normalized spacial score (nSPS) is 14.7. The topological polar surface area (TPSA) is 152 Å². The van der Waals surface area contributed by atoms with E-state index in [1.807, 2.05) is 18.2 Å². The van der Waals surface area contributed by atoms with Gasteiger partial charge in [-0.1, -0.05) is 12.1 Å². The van der Waals surface area contributed by atoms with E-state index in [4.69, 9.17) is 11.5 Å². The molecule has 0 radical (unpaired) electrons. The van der Waals surface area contributed by atoms with Crippen LogP contribution >= 0.6 is 12.4 Å². The maximum absolute atomic E-state index is 12.4. The van der Waals surface area contributed by atoms with Gasteiger partial charge >= 0.3 is 0 Å². The average Bonchev–Trinajstić information content (AvgIpc) is 3.15. The smallest absolute Gasteiger partial charge is 0.255 e. The second-order valence-electron chi connectivity index (χ2n) is 6.94. The average molecular weight is 445 g/mol. The van der Waals surface area contributed by atoms with E-state index in [-0.39, 0.29) is 36.1 Å². The fourth-order valence-corrected chi connectivity index (χ4v) is 3.11. The molecule has 0 aromatic heterocycles. The Morgan fingerprint density at radius 1 is 1.13 bits per heavy atom. The van der Waals surface area contributed by atoms with Gasteiger partial charge in [0.2, 0.25) is 11.8 Å². The molecule has 2 aromatic carbocycles. The number of carbonyl (C=O) groups excluding carboxylic acids is 3. The maximum atomic E-state index is 12.4. The Morgan fingerprint density at radius 2 is 1.87 bits per heavy atom. The molecule has 10 heteroatoms. The summed E-state index contributed by atoms with van der Waals surface area (Å²) in [5.74, 6) is -0.569. The predicted octanol–water partition coefficient (Wildman–Crippen LogP) is 1.20. The van der Waals surface area contributed by atoms with Gasteiger partial charge in [-0.2, -0.15) is 0 Å². The van der Waals surface area contributed by atoms with Gasteiger partial charge in [0, 0.05) is 24.2 Å². The molecule has 0 bridgehead atoms. The number of halogens is 1. The fourth-order valence-electron chi connectivity index (χ4n) is 3.11. The molecule has 7 N–H and O–H groups in total. The van der Waals surface area contributed by atoms with Crippen LogP contribution < -0.4 is 27.4 Å². The fraction of sp³-hybridized carbons (Fsp3) is 0.238. The second-order valence-corrected chi connectivity index (χ2v) is 6.94. The summed E-state index contributed by atoms with van der Waals surface area (Å²) in [5, 5.41) is 8.32. The number of hydrogen-bond donors (Lipinski definition) is 5. The van der Waals surface area contributed by atoms with Crippen LogP contribution in [0.25, 0.3) is 0 Å². The van der Waals surface area contributed by atoms with Crippen LogP contribution in [0.2, 0.25) is 0 Å². The van der Waals surface area contributed by atoms with Crippen LogP contribution in [-0.2, 0) is 16.0 Å². The Morgan fingerprint density at radius 3 is 2.52 bits per heavy atom. The van der Waals surface area contributed by atoms with Crippen molar-refractivity contribution in [3.05, 3.63) is 59.7 Å². The van der Waals surface area contributed by atoms with Crippen LogP contribution in [0, 0.1) is 0 Å². The SMILES string of the molecule is Cl.NC(N)=Nc1ccc(C(=O)Nc2cccc(CCNC(=O)C3CCC(=O)N3)c2)cc1. The summed E-state index contributed by atoms with van der Waals surface area (Å²) in [6, 6.07) is 13.5. The number of aliphatic imine (C=N–C) groups is 1. The monoisotopic (exact) mass is 444 g/mol. The summed E-state index contributed by atoms with van der Waals surface area (Å²) in [4.78, 5) is 39.6. The van der Waals surface area contributed by atoms with Gasteiger partial charge in [0.25, 0.3) is 5.91 Å². The molecule has 9 nitrogen and oxygen atoms in total. The summed E-state index contributed by atoms with van der Waals surface area (Å²) in [5.41, 5.74) is 13.3. The molecular formula is C21H25ClN6O3. The molecule has 1 heterocycles. The molecule has 1 aliphatic rings. The van der Waals surface area contributed by atoms with Crippen LogP contribution in [0.15, 0.2) is 53.5 Å². The van der Waals surface area contributed by atoms with Gasteiger partial charge in [-0.05, 0) is 54.8 Å². The zero-order chi connectivity index (χ0) is 21.5. The maximum Gasteiger partial charge on any atom is 0.255 e. The van der Waals surface area contributed by atoms with Crippen molar-refractivity contribution in [3.8, 4) is 0 Å². The second kappa shape index (κ2) is 11.0. The third-order valence-electron chi connectivity index (χ3n) is 4.60. The highest BCUT2D eigenvalue weighted by atomic mass is 35.5. The van der Waals surface area contributed by atoms with Crippen LogP contribution in [0.4, 0.5) is 11.4 Å².